The zero-order valence-corrected chi connectivity index (χ0v) is 14.9. The quantitative estimate of drug-likeness (QED) is 0.390. The summed E-state index contributed by atoms with van der Waals surface area (Å²) >= 11 is 5.93. The van der Waals surface area contributed by atoms with Crippen LogP contribution in [0.25, 0.3) is 10.9 Å². The van der Waals surface area contributed by atoms with Crippen molar-refractivity contribution >= 4 is 40.0 Å². The van der Waals surface area contributed by atoms with Gasteiger partial charge in [-0.3, -0.25) is 0 Å². The van der Waals surface area contributed by atoms with Gasteiger partial charge in [0.15, 0.2) is 0 Å². The Morgan fingerprint density at radius 1 is 0.926 bits per heavy atom. The van der Waals surface area contributed by atoms with Crippen LogP contribution in [-0.2, 0) is 0 Å². The summed E-state index contributed by atoms with van der Waals surface area (Å²) in [4.78, 5) is 20.8. The number of esters is 1. The van der Waals surface area contributed by atoms with E-state index in [1.54, 1.807) is 42.5 Å². The average Bonchev–Trinajstić information content (AvgIpc) is 2.69. The third-order valence-electron chi connectivity index (χ3n) is 3.91. The highest BCUT2D eigenvalue weighted by Gasteiger charge is 2.10. The molecule has 4 aromatic rings. The predicted octanol–water partition coefficient (Wildman–Crippen LogP) is 5.25. The van der Waals surface area contributed by atoms with E-state index in [-0.39, 0.29) is 0 Å². The number of halogens is 1. The summed E-state index contributed by atoms with van der Waals surface area (Å²) in [5.41, 5.74) is 1.98. The molecule has 4 rings (SSSR count). The van der Waals surface area contributed by atoms with Crippen molar-refractivity contribution in [1.29, 1.82) is 0 Å². The van der Waals surface area contributed by atoms with Gasteiger partial charge in [0.2, 0.25) is 0 Å². The third-order valence-corrected chi connectivity index (χ3v) is 4.15. The van der Waals surface area contributed by atoms with Gasteiger partial charge >= 0.3 is 5.97 Å². The summed E-state index contributed by atoms with van der Waals surface area (Å²) < 4.78 is 5.45. The summed E-state index contributed by atoms with van der Waals surface area (Å²) in [5.74, 6) is 0.629. The van der Waals surface area contributed by atoms with Gasteiger partial charge in [-0.2, -0.15) is 0 Å². The minimum Gasteiger partial charge on any atom is -0.423 e. The van der Waals surface area contributed by atoms with Gasteiger partial charge in [0.25, 0.3) is 0 Å². The fourth-order valence-electron chi connectivity index (χ4n) is 2.66. The van der Waals surface area contributed by atoms with E-state index in [9.17, 15) is 4.79 Å². The third kappa shape index (κ3) is 3.88. The van der Waals surface area contributed by atoms with Crippen molar-refractivity contribution in [3.63, 3.8) is 0 Å². The van der Waals surface area contributed by atoms with Crippen molar-refractivity contribution in [2.24, 2.45) is 0 Å². The van der Waals surface area contributed by atoms with Gasteiger partial charge in [-0.15, -0.1) is 0 Å². The van der Waals surface area contributed by atoms with Crippen LogP contribution in [-0.4, -0.2) is 15.9 Å². The number of hydrogen-bond donors (Lipinski definition) is 1. The zero-order chi connectivity index (χ0) is 18.6. The van der Waals surface area contributed by atoms with Crippen LogP contribution < -0.4 is 10.1 Å². The maximum absolute atomic E-state index is 12.3. The SMILES string of the molecule is O=C(Oc1cccc(Nc2ncnc3ccccc23)c1)c1cccc(Cl)c1. The van der Waals surface area contributed by atoms with Crippen molar-refractivity contribution in [3.05, 3.63) is 89.7 Å². The highest BCUT2D eigenvalue weighted by molar-refractivity contribution is 6.30. The molecule has 0 fully saturated rings. The number of nitrogens with zero attached hydrogens (tertiary/aromatic N) is 2. The Morgan fingerprint density at radius 3 is 2.67 bits per heavy atom. The molecule has 0 radical (unpaired) electrons. The average molecular weight is 376 g/mol. The number of aromatic nitrogens is 2. The Bertz CT molecular complexity index is 1130. The summed E-state index contributed by atoms with van der Waals surface area (Å²) in [5, 5.41) is 4.63. The van der Waals surface area contributed by atoms with Crippen LogP contribution >= 0.6 is 11.6 Å². The van der Waals surface area contributed by atoms with E-state index in [1.807, 2.05) is 30.3 Å². The van der Waals surface area contributed by atoms with Crippen LogP contribution in [0.4, 0.5) is 11.5 Å². The first-order valence-electron chi connectivity index (χ1n) is 8.24. The van der Waals surface area contributed by atoms with Crippen LogP contribution in [0.3, 0.4) is 0 Å². The monoisotopic (exact) mass is 375 g/mol. The van der Waals surface area contributed by atoms with E-state index >= 15 is 0 Å². The molecule has 0 saturated heterocycles. The number of anilines is 2. The first-order valence-corrected chi connectivity index (χ1v) is 8.61. The molecule has 0 aliphatic carbocycles. The van der Waals surface area contributed by atoms with Gasteiger partial charge in [-0.25, -0.2) is 14.8 Å². The molecule has 1 aromatic heterocycles. The molecule has 6 heteroatoms. The molecule has 132 valence electrons. The second-order valence-corrected chi connectivity index (χ2v) is 6.23. The number of ether oxygens (including phenoxy) is 1. The molecule has 0 aliphatic rings. The van der Waals surface area contributed by atoms with Gasteiger partial charge in [-0.1, -0.05) is 35.9 Å². The summed E-state index contributed by atoms with van der Waals surface area (Å²) in [7, 11) is 0. The molecule has 0 saturated carbocycles. The molecule has 27 heavy (non-hydrogen) atoms. The van der Waals surface area contributed by atoms with Crippen molar-refractivity contribution in [2.75, 3.05) is 5.32 Å². The Balaban J connectivity index is 1.56. The Labute approximate surface area is 160 Å². The highest BCUT2D eigenvalue weighted by Crippen LogP contribution is 2.25. The van der Waals surface area contributed by atoms with Gasteiger partial charge in [0.05, 0.1) is 11.1 Å². The maximum atomic E-state index is 12.3. The first kappa shape index (κ1) is 17.0. The molecule has 3 aromatic carbocycles. The second-order valence-electron chi connectivity index (χ2n) is 5.79. The van der Waals surface area contributed by atoms with E-state index in [1.165, 1.54) is 6.33 Å². The highest BCUT2D eigenvalue weighted by atomic mass is 35.5. The van der Waals surface area contributed by atoms with Crippen molar-refractivity contribution in [2.45, 2.75) is 0 Å². The lowest BCUT2D eigenvalue weighted by Gasteiger charge is -2.10. The zero-order valence-electron chi connectivity index (χ0n) is 14.1. The van der Waals surface area contributed by atoms with Crippen molar-refractivity contribution in [3.8, 4) is 5.75 Å². The van der Waals surface area contributed by atoms with E-state index in [4.69, 9.17) is 16.3 Å². The summed E-state index contributed by atoms with van der Waals surface area (Å²) in [6.07, 6.45) is 1.51. The topological polar surface area (TPSA) is 64.1 Å². The normalized spacial score (nSPS) is 10.6. The van der Waals surface area contributed by atoms with Gasteiger partial charge in [-0.05, 0) is 42.5 Å². The lowest BCUT2D eigenvalue weighted by molar-refractivity contribution is 0.0735. The van der Waals surface area contributed by atoms with Gasteiger partial charge < -0.3 is 10.1 Å². The molecule has 0 unspecified atom stereocenters. The largest absolute Gasteiger partial charge is 0.423 e. The Hall–Kier alpha value is -3.44. The van der Waals surface area contributed by atoms with E-state index in [0.717, 1.165) is 16.6 Å². The molecule has 5 nitrogen and oxygen atoms in total. The van der Waals surface area contributed by atoms with Crippen LogP contribution in [0, 0.1) is 0 Å². The number of fused-ring (bicyclic) bond motifs is 1. The molecule has 1 N–H and O–H groups in total. The van der Waals surface area contributed by atoms with Crippen molar-refractivity contribution in [1.82, 2.24) is 9.97 Å². The van der Waals surface area contributed by atoms with Crippen LogP contribution in [0.15, 0.2) is 79.1 Å². The molecule has 0 bridgehead atoms. The minimum atomic E-state index is -0.470. The van der Waals surface area contributed by atoms with Gasteiger partial charge in [0.1, 0.15) is 17.9 Å². The van der Waals surface area contributed by atoms with Crippen LogP contribution in [0.1, 0.15) is 10.4 Å². The molecule has 0 aliphatic heterocycles. The molecular formula is C21H14ClN3O2. The summed E-state index contributed by atoms with van der Waals surface area (Å²) in [6, 6.07) is 21.5. The minimum absolute atomic E-state index is 0.391. The lowest BCUT2D eigenvalue weighted by atomic mass is 10.2. The molecular weight excluding hydrogens is 362 g/mol. The number of carbonyl (C=O) groups is 1. The van der Waals surface area contributed by atoms with Crippen molar-refractivity contribution < 1.29 is 9.53 Å². The number of carbonyl (C=O) groups excluding carboxylic acids is 1. The smallest absolute Gasteiger partial charge is 0.343 e. The fraction of sp³-hybridized carbons (Fsp3) is 0. The van der Waals surface area contributed by atoms with Crippen LogP contribution in [0.2, 0.25) is 5.02 Å². The number of nitrogens with one attached hydrogen (secondary N) is 1. The standard InChI is InChI=1S/C21H14ClN3O2/c22-15-6-3-5-14(11-15)21(26)27-17-8-4-7-16(12-17)25-20-18-9-1-2-10-19(18)23-13-24-20/h1-13H,(H,23,24,25). The number of para-hydroxylation sites is 1. The first-order chi connectivity index (χ1) is 13.2. The lowest BCUT2D eigenvalue weighted by Crippen LogP contribution is -2.08. The number of rotatable bonds is 4. The Morgan fingerprint density at radius 2 is 1.78 bits per heavy atom. The number of benzene rings is 3. The number of hydrogen-bond acceptors (Lipinski definition) is 5. The predicted molar refractivity (Wildman–Crippen MR) is 106 cm³/mol. The van der Waals surface area contributed by atoms with Gasteiger partial charge in [0, 0.05) is 22.2 Å². The summed E-state index contributed by atoms with van der Waals surface area (Å²) in [6.45, 7) is 0. The molecule has 0 spiro atoms. The molecule has 1 heterocycles. The van der Waals surface area contributed by atoms with E-state index in [2.05, 4.69) is 15.3 Å². The molecule has 0 atom stereocenters. The fourth-order valence-corrected chi connectivity index (χ4v) is 2.85. The van der Waals surface area contributed by atoms with E-state index < -0.39 is 5.97 Å². The maximum Gasteiger partial charge on any atom is 0.343 e. The Kier molecular flexibility index (Phi) is 4.68. The molecule has 0 amide bonds. The second kappa shape index (κ2) is 7.43. The van der Waals surface area contributed by atoms with Crippen LogP contribution in [0.5, 0.6) is 5.75 Å². The van der Waals surface area contributed by atoms with E-state index in [0.29, 0.717) is 22.2 Å².